The summed E-state index contributed by atoms with van der Waals surface area (Å²) in [6.07, 6.45) is 1.49. The van der Waals surface area contributed by atoms with Gasteiger partial charge in [-0.2, -0.15) is 0 Å². The molecule has 1 amide bonds. The molecular weight excluding hydrogens is 250 g/mol. The monoisotopic (exact) mass is 271 g/mol. The second-order valence-electron chi connectivity index (χ2n) is 5.26. The van der Waals surface area contributed by atoms with E-state index in [0.717, 1.165) is 12.8 Å². The fourth-order valence-corrected chi connectivity index (χ4v) is 2.77. The molecule has 1 N–H and O–H groups in total. The molecule has 0 bridgehead atoms. The molecule has 0 saturated carbocycles. The van der Waals surface area contributed by atoms with Crippen LogP contribution >= 0.6 is 0 Å². The topological polar surface area (TPSA) is 76.1 Å². The first-order chi connectivity index (χ1) is 9.08. The summed E-state index contributed by atoms with van der Waals surface area (Å²) in [6, 6.07) is -0.336. The molecule has 2 aliphatic rings. The Balaban J connectivity index is 2.00. The van der Waals surface area contributed by atoms with Crippen molar-refractivity contribution in [2.45, 2.75) is 38.3 Å². The highest BCUT2D eigenvalue weighted by molar-refractivity contribution is 5.80. The average molecular weight is 271 g/mol. The van der Waals surface area contributed by atoms with Crippen molar-refractivity contribution in [2.75, 3.05) is 26.4 Å². The van der Waals surface area contributed by atoms with Gasteiger partial charge >= 0.3 is 5.97 Å². The lowest BCUT2D eigenvalue weighted by Gasteiger charge is -2.38. The zero-order valence-corrected chi connectivity index (χ0v) is 11.2. The molecule has 19 heavy (non-hydrogen) atoms. The molecule has 2 aliphatic heterocycles. The van der Waals surface area contributed by atoms with Crippen LogP contribution in [0.4, 0.5) is 0 Å². The molecule has 0 aromatic rings. The number of hydrogen-bond donors (Lipinski definition) is 1. The molecule has 6 heteroatoms. The van der Waals surface area contributed by atoms with Crippen LogP contribution in [-0.4, -0.2) is 60.4 Å². The lowest BCUT2D eigenvalue weighted by atomic mass is 9.93. The van der Waals surface area contributed by atoms with Gasteiger partial charge in [0.2, 0.25) is 5.91 Å². The fraction of sp³-hybridized carbons (Fsp3) is 0.846. The number of morpholine rings is 1. The number of rotatable bonds is 3. The van der Waals surface area contributed by atoms with Crippen molar-refractivity contribution in [3.8, 4) is 0 Å². The first-order valence-electron chi connectivity index (χ1n) is 6.79. The SMILES string of the molecule is CC1CC(C(=O)N2CCOCC2CC(=O)O)CCO1. The minimum absolute atomic E-state index is 0.0434. The van der Waals surface area contributed by atoms with Crippen LogP contribution in [0.1, 0.15) is 26.2 Å². The van der Waals surface area contributed by atoms with E-state index in [4.69, 9.17) is 14.6 Å². The summed E-state index contributed by atoms with van der Waals surface area (Å²) < 4.78 is 10.7. The number of hydrogen-bond acceptors (Lipinski definition) is 4. The lowest BCUT2D eigenvalue weighted by molar-refractivity contribution is -0.152. The Bertz CT molecular complexity index is 346. The maximum Gasteiger partial charge on any atom is 0.305 e. The summed E-state index contributed by atoms with van der Waals surface area (Å²) in [7, 11) is 0. The van der Waals surface area contributed by atoms with Crippen molar-refractivity contribution in [3.05, 3.63) is 0 Å². The van der Waals surface area contributed by atoms with E-state index in [9.17, 15) is 9.59 Å². The summed E-state index contributed by atoms with van der Waals surface area (Å²) >= 11 is 0. The molecule has 3 unspecified atom stereocenters. The van der Waals surface area contributed by atoms with Crippen LogP contribution in [0.15, 0.2) is 0 Å². The van der Waals surface area contributed by atoms with Gasteiger partial charge in [0.1, 0.15) is 0 Å². The van der Waals surface area contributed by atoms with Crippen molar-refractivity contribution < 1.29 is 24.2 Å². The second-order valence-corrected chi connectivity index (χ2v) is 5.26. The zero-order chi connectivity index (χ0) is 13.8. The number of amides is 1. The number of ether oxygens (including phenoxy) is 2. The Morgan fingerprint density at radius 3 is 2.84 bits per heavy atom. The Hall–Kier alpha value is -1.14. The first kappa shape index (κ1) is 14.3. The molecule has 2 rings (SSSR count). The van der Waals surface area contributed by atoms with Gasteiger partial charge in [0.05, 0.1) is 31.8 Å². The molecule has 0 spiro atoms. The van der Waals surface area contributed by atoms with Crippen LogP contribution in [0.5, 0.6) is 0 Å². The number of carboxylic acids is 1. The predicted molar refractivity (Wildman–Crippen MR) is 66.7 cm³/mol. The van der Waals surface area contributed by atoms with Crippen LogP contribution in [-0.2, 0) is 19.1 Å². The molecule has 2 heterocycles. The third-order valence-corrected chi connectivity index (χ3v) is 3.76. The number of aliphatic carboxylic acids is 1. The molecule has 0 aromatic carbocycles. The van der Waals surface area contributed by atoms with Crippen molar-refractivity contribution in [1.29, 1.82) is 0 Å². The minimum Gasteiger partial charge on any atom is -0.481 e. The molecule has 0 radical (unpaired) electrons. The van der Waals surface area contributed by atoms with Crippen molar-refractivity contribution in [1.82, 2.24) is 4.90 Å². The maximum absolute atomic E-state index is 12.5. The van der Waals surface area contributed by atoms with E-state index < -0.39 is 5.97 Å². The minimum atomic E-state index is -0.895. The normalized spacial score (nSPS) is 32.1. The van der Waals surface area contributed by atoms with Gasteiger partial charge in [-0.25, -0.2) is 0 Å². The van der Waals surface area contributed by atoms with Crippen LogP contribution < -0.4 is 0 Å². The Kier molecular flexibility index (Phi) is 4.76. The van der Waals surface area contributed by atoms with Gasteiger partial charge in [0.15, 0.2) is 0 Å². The van der Waals surface area contributed by atoms with E-state index in [2.05, 4.69) is 0 Å². The summed E-state index contributed by atoms with van der Waals surface area (Å²) in [5.41, 5.74) is 0. The molecule has 0 aliphatic carbocycles. The van der Waals surface area contributed by atoms with E-state index in [1.807, 2.05) is 6.92 Å². The Morgan fingerprint density at radius 1 is 1.37 bits per heavy atom. The number of carbonyl (C=O) groups excluding carboxylic acids is 1. The molecule has 6 nitrogen and oxygen atoms in total. The Labute approximate surface area is 112 Å². The van der Waals surface area contributed by atoms with E-state index >= 15 is 0 Å². The highest BCUT2D eigenvalue weighted by atomic mass is 16.5. The van der Waals surface area contributed by atoms with Gasteiger partial charge in [-0.1, -0.05) is 0 Å². The molecule has 2 saturated heterocycles. The molecule has 2 fully saturated rings. The number of carbonyl (C=O) groups is 2. The smallest absolute Gasteiger partial charge is 0.305 e. The van der Waals surface area contributed by atoms with Gasteiger partial charge in [-0.05, 0) is 19.8 Å². The Morgan fingerprint density at radius 2 is 2.16 bits per heavy atom. The van der Waals surface area contributed by atoms with E-state index in [1.54, 1.807) is 4.90 Å². The highest BCUT2D eigenvalue weighted by Gasteiger charge is 2.35. The summed E-state index contributed by atoms with van der Waals surface area (Å²) in [4.78, 5) is 25.1. The largest absolute Gasteiger partial charge is 0.481 e. The fourth-order valence-electron chi connectivity index (χ4n) is 2.77. The van der Waals surface area contributed by atoms with Crippen LogP contribution in [0.25, 0.3) is 0 Å². The van der Waals surface area contributed by atoms with Crippen molar-refractivity contribution >= 4 is 11.9 Å². The number of nitrogens with zero attached hydrogens (tertiary/aromatic N) is 1. The quantitative estimate of drug-likeness (QED) is 0.809. The van der Waals surface area contributed by atoms with E-state index in [-0.39, 0.29) is 30.4 Å². The van der Waals surface area contributed by atoms with Crippen LogP contribution in [0, 0.1) is 5.92 Å². The average Bonchev–Trinajstić information content (AvgIpc) is 2.38. The third kappa shape index (κ3) is 3.67. The summed E-state index contributed by atoms with van der Waals surface area (Å²) in [5, 5.41) is 8.90. The van der Waals surface area contributed by atoms with Gasteiger partial charge in [0.25, 0.3) is 0 Å². The predicted octanol–water partition coefficient (Wildman–Crippen LogP) is 0.504. The van der Waals surface area contributed by atoms with E-state index in [0.29, 0.717) is 26.4 Å². The maximum atomic E-state index is 12.5. The standard InChI is InChI=1S/C13H21NO5/c1-9-6-10(2-4-19-9)13(17)14-3-5-18-8-11(14)7-12(15)16/h9-11H,2-8H2,1H3,(H,15,16). The van der Waals surface area contributed by atoms with Gasteiger partial charge in [-0.3, -0.25) is 9.59 Å². The molecule has 0 aromatic heterocycles. The van der Waals surface area contributed by atoms with Gasteiger partial charge in [-0.15, -0.1) is 0 Å². The number of carboxylic acid groups (broad SMARTS) is 1. The van der Waals surface area contributed by atoms with E-state index in [1.165, 1.54) is 0 Å². The first-order valence-corrected chi connectivity index (χ1v) is 6.79. The van der Waals surface area contributed by atoms with Gasteiger partial charge < -0.3 is 19.5 Å². The van der Waals surface area contributed by atoms with Crippen molar-refractivity contribution in [3.63, 3.8) is 0 Å². The third-order valence-electron chi connectivity index (χ3n) is 3.76. The van der Waals surface area contributed by atoms with Crippen LogP contribution in [0.2, 0.25) is 0 Å². The van der Waals surface area contributed by atoms with Gasteiger partial charge in [0, 0.05) is 19.1 Å². The zero-order valence-electron chi connectivity index (χ0n) is 11.2. The van der Waals surface area contributed by atoms with Crippen LogP contribution in [0.3, 0.4) is 0 Å². The summed E-state index contributed by atoms with van der Waals surface area (Å²) in [6.45, 7) is 3.86. The second kappa shape index (κ2) is 6.34. The van der Waals surface area contributed by atoms with Crippen molar-refractivity contribution in [2.24, 2.45) is 5.92 Å². The summed E-state index contributed by atoms with van der Waals surface area (Å²) in [5.74, 6) is -0.878. The molecule has 108 valence electrons. The molecular formula is C13H21NO5. The lowest BCUT2D eigenvalue weighted by Crippen LogP contribution is -2.52. The molecule has 3 atom stereocenters. The highest BCUT2D eigenvalue weighted by Crippen LogP contribution is 2.24.